The van der Waals surface area contributed by atoms with Gasteiger partial charge in [-0.05, 0) is 30.2 Å². The number of anilines is 1. The van der Waals surface area contributed by atoms with E-state index < -0.39 is 11.7 Å². The summed E-state index contributed by atoms with van der Waals surface area (Å²) < 4.78 is 43.7. The van der Waals surface area contributed by atoms with Crippen molar-refractivity contribution in [3.63, 3.8) is 0 Å². The molecule has 4 nitrogen and oxygen atoms in total. The fourth-order valence-corrected chi connectivity index (χ4v) is 1.71. The number of alkyl halides is 3. The quantitative estimate of drug-likeness (QED) is 0.666. The third-order valence-corrected chi connectivity index (χ3v) is 2.83. The van der Waals surface area contributed by atoms with E-state index in [1.54, 1.807) is 12.1 Å². The minimum absolute atomic E-state index is 0.120. The van der Waals surface area contributed by atoms with Gasteiger partial charge in [0.2, 0.25) is 5.88 Å². The van der Waals surface area contributed by atoms with Crippen molar-refractivity contribution >= 4 is 5.82 Å². The number of nitrogen functional groups attached to an aromatic ring is 1. The lowest BCUT2D eigenvalue weighted by atomic mass is 10.2. The lowest BCUT2D eigenvalue weighted by molar-refractivity contribution is -0.137. The van der Waals surface area contributed by atoms with E-state index >= 15 is 0 Å². The summed E-state index contributed by atoms with van der Waals surface area (Å²) in [7, 11) is 0. The molecule has 2 rings (SSSR count). The van der Waals surface area contributed by atoms with Gasteiger partial charge in [0.1, 0.15) is 11.6 Å². The van der Waals surface area contributed by atoms with Gasteiger partial charge in [0, 0.05) is 6.07 Å². The van der Waals surface area contributed by atoms with E-state index in [-0.39, 0.29) is 11.7 Å². The molecule has 0 amide bonds. The molecule has 21 heavy (non-hydrogen) atoms. The zero-order valence-corrected chi connectivity index (χ0v) is 11.2. The first-order valence-corrected chi connectivity index (χ1v) is 6.25. The van der Waals surface area contributed by atoms with E-state index in [9.17, 15) is 13.2 Å². The number of nitrogens with zero attached hydrogens (tertiary/aromatic N) is 1. The van der Waals surface area contributed by atoms with E-state index in [1.807, 2.05) is 19.1 Å². The van der Waals surface area contributed by atoms with Gasteiger partial charge in [-0.25, -0.2) is 5.84 Å². The molecule has 3 N–H and O–H groups in total. The Bertz CT molecular complexity index is 612. The van der Waals surface area contributed by atoms with Crippen LogP contribution in [0.1, 0.15) is 18.1 Å². The summed E-state index contributed by atoms with van der Waals surface area (Å²) in [5.74, 6) is 5.23. The lowest BCUT2D eigenvalue weighted by Gasteiger charge is -2.12. The highest BCUT2D eigenvalue weighted by Gasteiger charge is 2.32. The average molecular weight is 297 g/mol. The van der Waals surface area contributed by atoms with Crippen molar-refractivity contribution in [2.24, 2.45) is 5.84 Å². The second-order valence-corrected chi connectivity index (χ2v) is 4.32. The van der Waals surface area contributed by atoms with Gasteiger partial charge >= 0.3 is 6.18 Å². The van der Waals surface area contributed by atoms with Crippen molar-refractivity contribution in [3.8, 4) is 11.6 Å². The van der Waals surface area contributed by atoms with Crippen LogP contribution in [0.2, 0.25) is 0 Å². The SMILES string of the molecule is CCc1ccc(Oc2cc(C(F)(F)F)cc(NN)n2)cc1. The molecule has 0 spiro atoms. The Labute approximate surface area is 119 Å². The highest BCUT2D eigenvalue weighted by molar-refractivity contribution is 5.43. The molecule has 0 radical (unpaired) electrons. The fraction of sp³-hybridized carbons (Fsp3) is 0.214. The Morgan fingerprint density at radius 2 is 1.86 bits per heavy atom. The van der Waals surface area contributed by atoms with Crippen LogP contribution in [-0.2, 0) is 12.6 Å². The van der Waals surface area contributed by atoms with Gasteiger partial charge in [-0.1, -0.05) is 19.1 Å². The summed E-state index contributed by atoms with van der Waals surface area (Å²) >= 11 is 0. The number of aryl methyl sites for hydroxylation is 1. The Morgan fingerprint density at radius 3 is 2.38 bits per heavy atom. The zero-order valence-electron chi connectivity index (χ0n) is 11.2. The van der Waals surface area contributed by atoms with Crippen LogP contribution >= 0.6 is 0 Å². The highest BCUT2D eigenvalue weighted by Crippen LogP contribution is 2.33. The molecule has 0 aliphatic rings. The van der Waals surface area contributed by atoms with E-state index in [0.29, 0.717) is 5.75 Å². The van der Waals surface area contributed by atoms with Gasteiger partial charge in [-0.3, -0.25) is 0 Å². The standard InChI is InChI=1S/C14H14F3N3O/c1-2-9-3-5-11(6-4-9)21-13-8-10(14(15,16)17)7-12(19-13)20-18/h3-8H,2,18H2,1H3,(H,19,20). The monoisotopic (exact) mass is 297 g/mol. The van der Waals surface area contributed by atoms with Crippen molar-refractivity contribution in [2.45, 2.75) is 19.5 Å². The van der Waals surface area contributed by atoms with Crippen LogP contribution in [0.5, 0.6) is 11.6 Å². The number of hydrazine groups is 1. The van der Waals surface area contributed by atoms with Crippen molar-refractivity contribution in [3.05, 3.63) is 47.5 Å². The van der Waals surface area contributed by atoms with Crippen LogP contribution in [0, 0.1) is 0 Å². The number of ether oxygens (including phenoxy) is 1. The van der Waals surface area contributed by atoms with E-state index in [2.05, 4.69) is 10.4 Å². The van der Waals surface area contributed by atoms with E-state index in [0.717, 1.165) is 24.1 Å². The molecule has 1 heterocycles. The number of hydrogen-bond acceptors (Lipinski definition) is 4. The molecule has 0 bridgehead atoms. The minimum Gasteiger partial charge on any atom is -0.439 e. The van der Waals surface area contributed by atoms with Crippen LogP contribution < -0.4 is 16.0 Å². The van der Waals surface area contributed by atoms with Crippen molar-refractivity contribution in [2.75, 3.05) is 5.43 Å². The van der Waals surface area contributed by atoms with Gasteiger partial charge in [-0.15, -0.1) is 0 Å². The first-order valence-electron chi connectivity index (χ1n) is 6.25. The third-order valence-electron chi connectivity index (χ3n) is 2.83. The predicted octanol–water partition coefficient (Wildman–Crippen LogP) is 3.74. The molecule has 1 aromatic heterocycles. The maximum atomic E-state index is 12.8. The average Bonchev–Trinajstić information content (AvgIpc) is 2.46. The van der Waals surface area contributed by atoms with Gasteiger partial charge in [0.05, 0.1) is 5.56 Å². The molecule has 112 valence electrons. The molecule has 0 saturated carbocycles. The maximum absolute atomic E-state index is 12.8. The molecule has 0 saturated heterocycles. The Hall–Kier alpha value is -2.28. The van der Waals surface area contributed by atoms with Gasteiger partial charge < -0.3 is 10.2 Å². The second kappa shape index (κ2) is 6.01. The van der Waals surface area contributed by atoms with Crippen LogP contribution in [0.25, 0.3) is 0 Å². The fourth-order valence-electron chi connectivity index (χ4n) is 1.71. The minimum atomic E-state index is -4.50. The van der Waals surface area contributed by atoms with Crippen LogP contribution in [-0.4, -0.2) is 4.98 Å². The molecular weight excluding hydrogens is 283 g/mol. The van der Waals surface area contributed by atoms with Crippen LogP contribution in [0.4, 0.5) is 19.0 Å². The van der Waals surface area contributed by atoms with Crippen molar-refractivity contribution < 1.29 is 17.9 Å². The summed E-state index contributed by atoms with van der Waals surface area (Å²) in [4.78, 5) is 3.84. The van der Waals surface area contributed by atoms with E-state index in [4.69, 9.17) is 10.6 Å². The van der Waals surface area contributed by atoms with Gasteiger partial charge in [0.15, 0.2) is 0 Å². The molecule has 7 heteroatoms. The summed E-state index contributed by atoms with van der Waals surface area (Å²) in [6, 6.07) is 8.67. The summed E-state index contributed by atoms with van der Waals surface area (Å²) in [5.41, 5.74) is 2.31. The molecule has 0 unspecified atom stereocenters. The third kappa shape index (κ3) is 3.85. The highest BCUT2D eigenvalue weighted by atomic mass is 19.4. The molecular formula is C14H14F3N3O. The number of aromatic nitrogens is 1. The van der Waals surface area contributed by atoms with Crippen LogP contribution in [0.3, 0.4) is 0 Å². The number of halogens is 3. The Morgan fingerprint density at radius 1 is 1.19 bits per heavy atom. The largest absolute Gasteiger partial charge is 0.439 e. The van der Waals surface area contributed by atoms with Crippen molar-refractivity contribution in [1.29, 1.82) is 0 Å². The molecule has 0 fully saturated rings. The molecule has 0 aliphatic carbocycles. The lowest BCUT2D eigenvalue weighted by Crippen LogP contribution is -2.12. The second-order valence-electron chi connectivity index (χ2n) is 4.32. The van der Waals surface area contributed by atoms with Gasteiger partial charge in [-0.2, -0.15) is 18.2 Å². The summed E-state index contributed by atoms with van der Waals surface area (Å²) in [5, 5.41) is 0. The van der Waals surface area contributed by atoms with E-state index in [1.165, 1.54) is 0 Å². The smallest absolute Gasteiger partial charge is 0.416 e. The Balaban J connectivity index is 2.29. The first kappa shape index (κ1) is 15.1. The number of benzene rings is 1. The first-order chi connectivity index (χ1) is 9.92. The zero-order chi connectivity index (χ0) is 15.5. The predicted molar refractivity (Wildman–Crippen MR) is 72.9 cm³/mol. The molecule has 0 aliphatic heterocycles. The number of nitrogens with two attached hydrogens (primary N) is 1. The molecule has 2 aromatic rings. The van der Waals surface area contributed by atoms with Gasteiger partial charge in [0.25, 0.3) is 0 Å². The normalized spacial score (nSPS) is 11.3. The maximum Gasteiger partial charge on any atom is 0.416 e. The number of hydrogen-bond donors (Lipinski definition) is 2. The number of rotatable bonds is 4. The molecule has 1 aromatic carbocycles. The van der Waals surface area contributed by atoms with Crippen LogP contribution in [0.15, 0.2) is 36.4 Å². The summed E-state index contributed by atoms with van der Waals surface area (Å²) in [6.07, 6.45) is -3.64. The number of pyridine rings is 1. The molecule has 0 atom stereocenters. The Kier molecular flexibility index (Phi) is 4.32. The number of nitrogens with one attached hydrogen (secondary N) is 1. The van der Waals surface area contributed by atoms with Crippen molar-refractivity contribution in [1.82, 2.24) is 4.98 Å². The summed E-state index contributed by atoms with van der Waals surface area (Å²) in [6.45, 7) is 2.00. The topological polar surface area (TPSA) is 60.2 Å².